The highest BCUT2D eigenvalue weighted by molar-refractivity contribution is 5.67. The van der Waals surface area contributed by atoms with Crippen LogP contribution in [-0.2, 0) is 23.8 Å². The van der Waals surface area contributed by atoms with Gasteiger partial charge in [-0.05, 0) is 6.42 Å². The van der Waals surface area contributed by atoms with E-state index >= 15 is 0 Å². The molecule has 6 nitrogen and oxygen atoms in total. The topological polar surface area (TPSA) is 82.1 Å². The van der Waals surface area contributed by atoms with Gasteiger partial charge < -0.3 is 19.3 Å². The molecule has 1 fully saturated rings. The zero-order valence-corrected chi connectivity index (χ0v) is 11.1. The number of aliphatic hydroxyl groups is 1. The molecule has 0 saturated carbocycles. The fourth-order valence-electron chi connectivity index (χ4n) is 2.20. The molecule has 0 radical (unpaired) electrons. The highest BCUT2D eigenvalue weighted by Gasteiger charge is 2.46. The van der Waals surface area contributed by atoms with E-state index in [0.29, 0.717) is 6.42 Å². The summed E-state index contributed by atoms with van der Waals surface area (Å²) in [6.07, 6.45) is -2.53. The lowest BCUT2D eigenvalue weighted by Crippen LogP contribution is -2.56. The van der Waals surface area contributed by atoms with E-state index in [4.69, 9.17) is 14.2 Å². The van der Waals surface area contributed by atoms with Crippen molar-refractivity contribution in [1.82, 2.24) is 0 Å². The van der Waals surface area contributed by atoms with Gasteiger partial charge in [0.1, 0.15) is 6.10 Å². The smallest absolute Gasteiger partial charge is 0.303 e. The molecule has 1 rings (SSSR count). The van der Waals surface area contributed by atoms with Crippen molar-refractivity contribution in [2.24, 2.45) is 5.92 Å². The Kier molecular flexibility index (Phi) is 5.10. The van der Waals surface area contributed by atoms with Gasteiger partial charge in [-0.3, -0.25) is 9.59 Å². The molecule has 0 aromatic rings. The van der Waals surface area contributed by atoms with Gasteiger partial charge in [0, 0.05) is 19.8 Å². The average Bonchev–Trinajstić information content (AvgIpc) is 2.27. The van der Waals surface area contributed by atoms with Gasteiger partial charge in [0.25, 0.3) is 0 Å². The molecule has 104 valence electrons. The van der Waals surface area contributed by atoms with Gasteiger partial charge in [0.15, 0.2) is 12.4 Å². The second kappa shape index (κ2) is 6.15. The first-order chi connectivity index (χ1) is 8.36. The van der Waals surface area contributed by atoms with Crippen LogP contribution in [0.5, 0.6) is 0 Å². The van der Waals surface area contributed by atoms with E-state index in [-0.39, 0.29) is 12.0 Å². The van der Waals surface area contributed by atoms with Crippen LogP contribution in [0.1, 0.15) is 34.1 Å². The lowest BCUT2D eigenvalue weighted by Gasteiger charge is -2.42. The summed E-state index contributed by atoms with van der Waals surface area (Å²) in [5.74, 6) is -1.19. The SMILES string of the molecule is CC[C@H]1OC(O)[C@H](OC(C)=O)[C@@H](OC(C)=O)[C@@H]1C. The van der Waals surface area contributed by atoms with E-state index < -0.39 is 30.4 Å². The Morgan fingerprint density at radius 1 is 1.17 bits per heavy atom. The lowest BCUT2D eigenvalue weighted by molar-refractivity contribution is -0.275. The molecule has 0 aromatic carbocycles. The van der Waals surface area contributed by atoms with E-state index in [0.717, 1.165) is 0 Å². The van der Waals surface area contributed by atoms with Gasteiger partial charge >= 0.3 is 11.9 Å². The average molecular weight is 260 g/mol. The molecule has 0 aromatic heterocycles. The number of esters is 2. The molecule has 1 N–H and O–H groups in total. The van der Waals surface area contributed by atoms with Crippen LogP contribution in [0.25, 0.3) is 0 Å². The fraction of sp³-hybridized carbons (Fsp3) is 0.833. The van der Waals surface area contributed by atoms with Gasteiger partial charge in [-0.15, -0.1) is 0 Å². The molecule has 1 aliphatic rings. The van der Waals surface area contributed by atoms with Crippen LogP contribution in [0, 0.1) is 5.92 Å². The molecule has 1 aliphatic heterocycles. The first kappa shape index (κ1) is 14.9. The van der Waals surface area contributed by atoms with Crippen molar-refractivity contribution in [2.45, 2.75) is 58.7 Å². The van der Waals surface area contributed by atoms with E-state index in [1.54, 1.807) is 0 Å². The zero-order chi connectivity index (χ0) is 13.9. The molecule has 0 bridgehead atoms. The minimum atomic E-state index is -1.28. The van der Waals surface area contributed by atoms with Gasteiger partial charge in [-0.2, -0.15) is 0 Å². The molecule has 18 heavy (non-hydrogen) atoms. The molecule has 6 heteroatoms. The van der Waals surface area contributed by atoms with Crippen molar-refractivity contribution in [1.29, 1.82) is 0 Å². The maximum Gasteiger partial charge on any atom is 0.303 e. The van der Waals surface area contributed by atoms with Crippen LogP contribution in [-0.4, -0.2) is 41.6 Å². The third kappa shape index (κ3) is 3.43. The van der Waals surface area contributed by atoms with E-state index in [1.165, 1.54) is 13.8 Å². The maximum absolute atomic E-state index is 11.1. The predicted molar refractivity (Wildman–Crippen MR) is 61.4 cm³/mol. The number of hydrogen-bond acceptors (Lipinski definition) is 6. The summed E-state index contributed by atoms with van der Waals surface area (Å²) in [6.45, 7) is 6.25. The van der Waals surface area contributed by atoms with Gasteiger partial charge in [0.2, 0.25) is 0 Å². The minimum absolute atomic E-state index is 0.161. The van der Waals surface area contributed by atoms with Crippen LogP contribution in [0.3, 0.4) is 0 Å². The molecule has 5 atom stereocenters. The van der Waals surface area contributed by atoms with Crippen LogP contribution < -0.4 is 0 Å². The largest absolute Gasteiger partial charge is 0.458 e. The van der Waals surface area contributed by atoms with Crippen molar-refractivity contribution in [3.8, 4) is 0 Å². The van der Waals surface area contributed by atoms with Crippen molar-refractivity contribution in [3.05, 3.63) is 0 Å². The summed E-state index contributed by atoms with van der Waals surface area (Å²) in [5.41, 5.74) is 0. The van der Waals surface area contributed by atoms with Gasteiger partial charge in [0.05, 0.1) is 6.10 Å². The molecule has 0 spiro atoms. The number of aliphatic hydroxyl groups excluding tert-OH is 1. The third-order valence-electron chi connectivity index (χ3n) is 3.03. The number of carbonyl (C=O) groups is 2. The summed E-state index contributed by atoms with van der Waals surface area (Å²) < 4.78 is 15.5. The zero-order valence-electron chi connectivity index (χ0n) is 11.1. The number of hydrogen-bond donors (Lipinski definition) is 1. The Balaban J connectivity index is 2.89. The molecule has 1 saturated heterocycles. The quantitative estimate of drug-likeness (QED) is 0.749. The monoisotopic (exact) mass is 260 g/mol. The van der Waals surface area contributed by atoms with Crippen molar-refractivity contribution < 1.29 is 28.9 Å². The highest BCUT2D eigenvalue weighted by Crippen LogP contribution is 2.30. The summed E-state index contributed by atoms with van der Waals surface area (Å²) >= 11 is 0. The van der Waals surface area contributed by atoms with Crippen LogP contribution in [0.2, 0.25) is 0 Å². The maximum atomic E-state index is 11.1. The van der Waals surface area contributed by atoms with Crippen molar-refractivity contribution >= 4 is 11.9 Å². The van der Waals surface area contributed by atoms with E-state index in [2.05, 4.69) is 0 Å². The normalized spacial score (nSPS) is 35.9. The summed E-state index contributed by atoms with van der Waals surface area (Å²) in [7, 11) is 0. The standard InChI is InChI=1S/C12H20O6/c1-5-9-6(2)10(16-7(3)13)11(12(15)18-9)17-8(4)14/h6,9-12,15H,5H2,1-4H3/t6-,9-,10+,11-,12?/m1/s1. The lowest BCUT2D eigenvalue weighted by atomic mass is 9.89. The Hall–Kier alpha value is -1.14. The number of ether oxygens (including phenoxy) is 3. The Bertz CT molecular complexity index is 316. The molecule has 0 amide bonds. The van der Waals surface area contributed by atoms with Gasteiger partial charge in [-0.1, -0.05) is 13.8 Å². The number of rotatable bonds is 3. The third-order valence-corrected chi connectivity index (χ3v) is 3.03. The first-order valence-electron chi connectivity index (χ1n) is 6.04. The minimum Gasteiger partial charge on any atom is -0.458 e. The van der Waals surface area contributed by atoms with E-state index in [1.807, 2.05) is 13.8 Å². The highest BCUT2D eigenvalue weighted by atomic mass is 16.7. The Morgan fingerprint density at radius 3 is 2.11 bits per heavy atom. The molecular formula is C12H20O6. The first-order valence-corrected chi connectivity index (χ1v) is 6.04. The molecule has 1 heterocycles. The second-order valence-corrected chi connectivity index (χ2v) is 4.48. The van der Waals surface area contributed by atoms with Crippen molar-refractivity contribution in [2.75, 3.05) is 0 Å². The van der Waals surface area contributed by atoms with Gasteiger partial charge in [-0.25, -0.2) is 0 Å². The Labute approximate surface area is 106 Å². The second-order valence-electron chi connectivity index (χ2n) is 4.48. The Morgan fingerprint density at radius 2 is 1.67 bits per heavy atom. The number of carbonyl (C=O) groups excluding carboxylic acids is 2. The molecule has 0 aliphatic carbocycles. The van der Waals surface area contributed by atoms with E-state index in [9.17, 15) is 14.7 Å². The van der Waals surface area contributed by atoms with Crippen LogP contribution in [0.4, 0.5) is 0 Å². The molecule has 1 unspecified atom stereocenters. The van der Waals surface area contributed by atoms with Crippen LogP contribution in [0.15, 0.2) is 0 Å². The summed E-state index contributed by atoms with van der Waals surface area (Å²) in [6, 6.07) is 0. The fourth-order valence-corrected chi connectivity index (χ4v) is 2.20. The van der Waals surface area contributed by atoms with Crippen molar-refractivity contribution in [3.63, 3.8) is 0 Å². The predicted octanol–water partition coefficient (Wildman–Crippen LogP) is 0.613. The van der Waals surface area contributed by atoms with Crippen LogP contribution >= 0.6 is 0 Å². The summed E-state index contributed by atoms with van der Waals surface area (Å²) in [5, 5.41) is 9.83. The molecular weight excluding hydrogens is 240 g/mol. The summed E-state index contributed by atoms with van der Waals surface area (Å²) in [4.78, 5) is 22.1.